The second-order valence-electron chi connectivity index (χ2n) is 3.89. The number of aryl methyl sites for hydroxylation is 1. The second-order valence-corrected chi connectivity index (χ2v) is 5.78. The highest BCUT2D eigenvalue weighted by atomic mass is 32.1. The van der Waals surface area contributed by atoms with Gasteiger partial charge in [-0.1, -0.05) is 13.0 Å². The van der Waals surface area contributed by atoms with Crippen molar-refractivity contribution < 1.29 is 14.7 Å². The van der Waals surface area contributed by atoms with E-state index in [2.05, 4.69) is 5.32 Å². The molecule has 19 heavy (non-hydrogen) atoms. The van der Waals surface area contributed by atoms with Crippen LogP contribution in [0.4, 0.5) is 0 Å². The van der Waals surface area contributed by atoms with Gasteiger partial charge in [-0.2, -0.15) is 0 Å². The number of nitrogens with one attached hydrogen (secondary N) is 1. The number of carbonyl (C=O) groups excluding carboxylic acids is 1. The Morgan fingerprint density at radius 2 is 2.11 bits per heavy atom. The minimum atomic E-state index is -1.05. The standard InChI is InChI=1S/C13H13NO3S2/c1-2-8-5-7-19-11(8)12(15)14-10(13(16)17)9-4-3-6-18-9/h3-7,10H,2H2,1H3,(H,14,15)(H,16,17). The predicted octanol–water partition coefficient (Wildman–Crippen LogP) is 2.93. The first kappa shape index (κ1) is 13.8. The summed E-state index contributed by atoms with van der Waals surface area (Å²) in [7, 11) is 0. The topological polar surface area (TPSA) is 66.4 Å². The summed E-state index contributed by atoms with van der Waals surface area (Å²) in [6.45, 7) is 1.97. The van der Waals surface area contributed by atoms with Gasteiger partial charge in [-0.25, -0.2) is 4.79 Å². The van der Waals surface area contributed by atoms with Crippen molar-refractivity contribution in [1.82, 2.24) is 5.32 Å². The van der Waals surface area contributed by atoms with E-state index in [1.165, 1.54) is 22.7 Å². The molecular formula is C13H13NO3S2. The van der Waals surface area contributed by atoms with E-state index in [1.807, 2.05) is 18.4 Å². The molecule has 4 nitrogen and oxygen atoms in total. The van der Waals surface area contributed by atoms with E-state index in [4.69, 9.17) is 0 Å². The zero-order valence-electron chi connectivity index (χ0n) is 10.3. The lowest BCUT2D eigenvalue weighted by atomic mass is 10.2. The summed E-state index contributed by atoms with van der Waals surface area (Å²) >= 11 is 2.65. The summed E-state index contributed by atoms with van der Waals surface area (Å²) in [4.78, 5) is 24.6. The molecule has 2 rings (SSSR count). The van der Waals surface area contributed by atoms with E-state index in [0.29, 0.717) is 9.75 Å². The molecule has 0 aliphatic heterocycles. The van der Waals surface area contributed by atoms with Gasteiger partial charge in [-0.3, -0.25) is 4.79 Å². The van der Waals surface area contributed by atoms with Crippen LogP contribution in [0.15, 0.2) is 29.0 Å². The van der Waals surface area contributed by atoms with Crippen LogP contribution in [-0.2, 0) is 11.2 Å². The van der Waals surface area contributed by atoms with Crippen molar-refractivity contribution in [3.8, 4) is 0 Å². The Bertz CT molecular complexity index is 574. The van der Waals surface area contributed by atoms with E-state index in [-0.39, 0.29) is 5.91 Å². The zero-order chi connectivity index (χ0) is 13.8. The molecule has 1 unspecified atom stereocenters. The fourth-order valence-electron chi connectivity index (χ4n) is 1.72. The van der Waals surface area contributed by atoms with E-state index in [0.717, 1.165) is 12.0 Å². The highest BCUT2D eigenvalue weighted by molar-refractivity contribution is 7.12. The Hall–Kier alpha value is -1.66. The molecule has 0 bridgehead atoms. The van der Waals surface area contributed by atoms with Crippen LogP contribution in [0.2, 0.25) is 0 Å². The third-order valence-electron chi connectivity index (χ3n) is 2.68. The molecule has 2 aromatic rings. The molecule has 2 heterocycles. The number of aliphatic carboxylic acids is 1. The quantitative estimate of drug-likeness (QED) is 0.891. The van der Waals surface area contributed by atoms with Gasteiger partial charge in [0.05, 0.1) is 4.88 Å². The van der Waals surface area contributed by atoms with Gasteiger partial charge < -0.3 is 10.4 Å². The molecular weight excluding hydrogens is 282 g/mol. The summed E-state index contributed by atoms with van der Waals surface area (Å²) in [5, 5.41) is 15.4. The molecule has 0 aromatic carbocycles. The molecule has 0 saturated heterocycles. The van der Waals surface area contributed by atoms with Gasteiger partial charge in [0.1, 0.15) is 0 Å². The molecule has 1 atom stereocenters. The maximum atomic E-state index is 12.1. The molecule has 6 heteroatoms. The molecule has 0 spiro atoms. The summed E-state index contributed by atoms with van der Waals surface area (Å²) in [6, 6.07) is 4.38. The van der Waals surface area contributed by atoms with Crippen LogP contribution < -0.4 is 5.32 Å². The zero-order valence-corrected chi connectivity index (χ0v) is 11.9. The van der Waals surface area contributed by atoms with Crippen LogP contribution in [0.25, 0.3) is 0 Å². The second kappa shape index (κ2) is 5.99. The van der Waals surface area contributed by atoms with Crippen molar-refractivity contribution in [2.24, 2.45) is 0 Å². The maximum absolute atomic E-state index is 12.1. The monoisotopic (exact) mass is 295 g/mol. The first-order valence-electron chi connectivity index (χ1n) is 5.77. The third kappa shape index (κ3) is 3.02. The fourth-order valence-corrected chi connectivity index (χ4v) is 3.39. The molecule has 2 aromatic heterocycles. The molecule has 2 N–H and O–H groups in total. The third-order valence-corrected chi connectivity index (χ3v) is 4.58. The first-order chi connectivity index (χ1) is 9.13. The molecule has 100 valence electrons. The Labute approximate surface area is 118 Å². The lowest BCUT2D eigenvalue weighted by molar-refractivity contribution is -0.139. The lowest BCUT2D eigenvalue weighted by Gasteiger charge is -2.12. The van der Waals surface area contributed by atoms with Crippen molar-refractivity contribution in [3.63, 3.8) is 0 Å². The van der Waals surface area contributed by atoms with E-state index < -0.39 is 12.0 Å². The average Bonchev–Trinajstić information content (AvgIpc) is 3.05. The number of carbonyl (C=O) groups is 2. The summed E-state index contributed by atoms with van der Waals surface area (Å²) in [5.41, 5.74) is 0.942. The molecule has 1 amide bonds. The number of hydrogen-bond donors (Lipinski definition) is 2. The molecule has 0 aliphatic carbocycles. The maximum Gasteiger partial charge on any atom is 0.331 e. The molecule has 0 saturated carbocycles. The Kier molecular flexibility index (Phi) is 4.34. The van der Waals surface area contributed by atoms with Gasteiger partial charge in [-0.05, 0) is 34.9 Å². The largest absolute Gasteiger partial charge is 0.479 e. The van der Waals surface area contributed by atoms with Crippen LogP contribution >= 0.6 is 22.7 Å². The van der Waals surface area contributed by atoms with Crippen molar-refractivity contribution in [2.75, 3.05) is 0 Å². The minimum absolute atomic E-state index is 0.326. The highest BCUT2D eigenvalue weighted by Crippen LogP contribution is 2.22. The molecule has 0 fully saturated rings. The summed E-state index contributed by atoms with van der Waals surface area (Å²) in [5.74, 6) is -1.38. The number of amides is 1. The number of carboxylic acids is 1. The number of thiophene rings is 2. The Morgan fingerprint density at radius 3 is 2.68 bits per heavy atom. The first-order valence-corrected chi connectivity index (χ1v) is 7.52. The van der Waals surface area contributed by atoms with E-state index in [9.17, 15) is 14.7 Å². The normalized spacial score (nSPS) is 12.1. The van der Waals surface area contributed by atoms with Crippen molar-refractivity contribution >= 4 is 34.6 Å². The van der Waals surface area contributed by atoms with Gasteiger partial charge in [0, 0.05) is 4.88 Å². The van der Waals surface area contributed by atoms with Crippen molar-refractivity contribution in [3.05, 3.63) is 44.3 Å². The summed E-state index contributed by atoms with van der Waals surface area (Å²) < 4.78 is 0. The smallest absolute Gasteiger partial charge is 0.331 e. The van der Waals surface area contributed by atoms with Gasteiger partial charge in [0.25, 0.3) is 5.91 Å². The van der Waals surface area contributed by atoms with Crippen LogP contribution in [0.1, 0.15) is 33.1 Å². The van der Waals surface area contributed by atoms with Crippen LogP contribution in [0.5, 0.6) is 0 Å². The number of carboxylic acid groups (broad SMARTS) is 1. The minimum Gasteiger partial charge on any atom is -0.479 e. The molecule has 0 aliphatic rings. The average molecular weight is 295 g/mol. The van der Waals surface area contributed by atoms with E-state index >= 15 is 0 Å². The fraction of sp³-hybridized carbons (Fsp3) is 0.231. The van der Waals surface area contributed by atoms with Crippen LogP contribution in [0.3, 0.4) is 0 Å². The van der Waals surface area contributed by atoms with Gasteiger partial charge in [0.2, 0.25) is 0 Å². The Morgan fingerprint density at radius 1 is 1.32 bits per heavy atom. The predicted molar refractivity (Wildman–Crippen MR) is 75.9 cm³/mol. The van der Waals surface area contributed by atoms with E-state index in [1.54, 1.807) is 17.5 Å². The van der Waals surface area contributed by atoms with Gasteiger partial charge >= 0.3 is 5.97 Å². The van der Waals surface area contributed by atoms with Crippen LogP contribution in [-0.4, -0.2) is 17.0 Å². The molecule has 0 radical (unpaired) electrons. The number of rotatable bonds is 5. The lowest BCUT2D eigenvalue weighted by Crippen LogP contribution is -2.33. The van der Waals surface area contributed by atoms with Crippen molar-refractivity contribution in [2.45, 2.75) is 19.4 Å². The Balaban J connectivity index is 2.19. The SMILES string of the molecule is CCc1ccsc1C(=O)NC(C(=O)O)c1cccs1. The van der Waals surface area contributed by atoms with Crippen molar-refractivity contribution in [1.29, 1.82) is 0 Å². The van der Waals surface area contributed by atoms with Gasteiger partial charge in [-0.15, -0.1) is 22.7 Å². The summed E-state index contributed by atoms with van der Waals surface area (Å²) in [6.07, 6.45) is 0.753. The number of hydrogen-bond acceptors (Lipinski definition) is 4. The van der Waals surface area contributed by atoms with Crippen LogP contribution in [0, 0.1) is 0 Å². The highest BCUT2D eigenvalue weighted by Gasteiger charge is 2.24. The van der Waals surface area contributed by atoms with Gasteiger partial charge in [0.15, 0.2) is 6.04 Å².